The molecule has 0 aromatic rings. The summed E-state index contributed by atoms with van der Waals surface area (Å²) in [6.07, 6.45) is -11.0. The molecule has 0 bridgehead atoms. The second-order valence-electron chi connectivity index (χ2n) is 8.93. The van der Waals surface area contributed by atoms with Crippen molar-refractivity contribution in [3.05, 3.63) is 0 Å². The lowest BCUT2D eigenvalue weighted by Gasteiger charge is -2.46. The molecule has 2 heterocycles. The van der Waals surface area contributed by atoms with Gasteiger partial charge in [-0.2, -0.15) is 0 Å². The van der Waals surface area contributed by atoms with Crippen molar-refractivity contribution in [2.45, 2.75) is 104 Å². The maximum atomic E-state index is 12.0. The van der Waals surface area contributed by atoms with E-state index in [0.717, 1.165) is 34.6 Å². The molecule has 0 spiro atoms. The Kier molecular flexibility index (Phi) is 11.6. The summed E-state index contributed by atoms with van der Waals surface area (Å²) in [7, 11) is 0. The summed E-state index contributed by atoms with van der Waals surface area (Å²) in [5.41, 5.74) is 0. The van der Waals surface area contributed by atoms with Crippen LogP contribution in [-0.2, 0) is 71.4 Å². The fraction of sp³-hybridized carbons (Fsp3) is 0.750. The zero-order valence-electron chi connectivity index (χ0n) is 22.7. The van der Waals surface area contributed by atoms with Crippen LogP contribution in [-0.4, -0.2) is 104 Å². The van der Waals surface area contributed by atoms with E-state index in [4.69, 9.17) is 42.6 Å². The average molecular weight is 563 g/mol. The number of rotatable bonds is 9. The van der Waals surface area contributed by atoms with Crippen molar-refractivity contribution in [1.29, 1.82) is 0 Å². The summed E-state index contributed by atoms with van der Waals surface area (Å²) in [6.45, 7) is 7.72. The molecular weight excluding hydrogens is 528 g/mol. The van der Waals surface area contributed by atoms with Gasteiger partial charge in [0.25, 0.3) is 0 Å². The van der Waals surface area contributed by atoms with Gasteiger partial charge in [-0.25, -0.2) is 0 Å². The Hall–Kier alpha value is -3.30. The van der Waals surface area contributed by atoms with Gasteiger partial charge in [0, 0.05) is 41.5 Å². The molecular formula is C24H34O15. The molecule has 0 aromatic heterocycles. The molecule has 0 N–H and O–H groups in total. The molecule has 2 fully saturated rings. The number of ether oxygens (including phenoxy) is 9. The standard InChI is InChI=1S/C24H34O15/c1-10-19(34-12(3)26)22(37-15(6)29)23(38-16(7)30)24(33-10)39-18-9-32-17(8-31-11(2)25)20(35-13(4)27)21(18)36-14(5)28/h10,17-24H,8-9H2,1-7H3/t10-,17-,18+,19-,20-,21-,22+,23+,24+/m1/s1. The summed E-state index contributed by atoms with van der Waals surface area (Å²) < 4.78 is 49.4. The lowest BCUT2D eigenvalue weighted by molar-refractivity contribution is -0.330. The number of esters is 6. The number of carbonyl (C=O) groups is 6. The zero-order chi connectivity index (χ0) is 29.4. The van der Waals surface area contributed by atoms with Gasteiger partial charge >= 0.3 is 35.8 Å². The van der Waals surface area contributed by atoms with Crippen molar-refractivity contribution in [1.82, 2.24) is 0 Å². The third-order valence-corrected chi connectivity index (χ3v) is 5.53. The van der Waals surface area contributed by atoms with E-state index in [1.807, 2.05) is 0 Å². The Morgan fingerprint density at radius 3 is 1.59 bits per heavy atom. The van der Waals surface area contributed by atoms with Crippen molar-refractivity contribution in [3.8, 4) is 0 Å². The topological polar surface area (TPSA) is 185 Å². The predicted octanol–water partition coefficient (Wildman–Crippen LogP) is -0.263. The second kappa shape index (κ2) is 14.2. The minimum absolute atomic E-state index is 0.270. The highest BCUT2D eigenvalue weighted by Gasteiger charge is 2.54. The first-order valence-electron chi connectivity index (χ1n) is 12.1. The lowest BCUT2D eigenvalue weighted by atomic mass is 9.97. The first-order chi connectivity index (χ1) is 18.2. The second-order valence-corrected chi connectivity index (χ2v) is 8.93. The molecule has 0 radical (unpaired) electrons. The van der Waals surface area contributed by atoms with E-state index in [-0.39, 0.29) is 13.2 Å². The van der Waals surface area contributed by atoms with Gasteiger partial charge in [0.05, 0.1) is 12.7 Å². The predicted molar refractivity (Wildman–Crippen MR) is 123 cm³/mol. The fourth-order valence-electron chi connectivity index (χ4n) is 4.21. The summed E-state index contributed by atoms with van der Waals surface area (Å²) in [6, 6.07) is 0. The molecule has 15 nitrogen and oxygen atoms in total. The Balaban J connectivity index is 2.42. The molecule has 220 valence electrons. The van der Waals surface area contributed by atoms with Crippen LogP contribution in [0.1, 0.15) is 48.5 Å². The van der Waals surface area contributed by atoms with E-state index in [9.17, 15) is 28.8 Å². The van der Waals surface area contributed by atoms with Crippen LogP contribution >= 0.6 is 0 Å². The van der Waals surface area contributed by atoms with Crippen LogP contribution in [0.2, 0.25) is 0 Å². The monoisotopic (exact) mass is 562 g/mol. The minimum Gasteiger partial charge on any atom is -0.463 e. The molecule has 0 aromatic carbocycles. The maximum absolute atomic E-state index is 12.0. The van der Waals surface area contributed by atoms with E-state index in [2.05, 4.69) is 0 Å². The molecule has 2 aliphatic heterocycles. The van der Waals surface area contributed by atoms with Crippen molar-refractivity contribution in [2.24, 2.45) is 0 Å². The SMILES string of the molecule is CC(=O)OC[C@H]1OC[C@H](O[C@@H]2O[C@H](C)[C@@H](OC(C)=O)[C@H](OC(C)=O)[C@@H]2OC(C)=O)[C@@H](OC(C)=O)[C@@H]1OC(C)=O. The minimum atomic E-state index is -1.45. The van der Waals surface area contributed by atoms with Gasteiger partial charge in [-0.05, 0) is 6.92 Å². The number of hydrogen-bond acceptors (Lipinski definition) is 15. The zero-order valence-corrected chi connectivity index (χ0v) is 22.7. The fourth-order valence-corrected chi connectivity index (χ4v) is 4.21. The van der Waals surface area contributed by atoms with Crippen molar-refractivity contribution in [2.75, 3.05) is 13.2 Å². The summed E-state index contributed by atoms with van der Waals surface area (Å²) in [5.74, 6) is -4.36. The van der Waals surface area contributed by atoms with Crippen molar-refractivity contribution in [3.63, 3.8) is 0 Å². The highest BCUT2D eigenvalue weighted by atomic mass is 16.7. The lowest BCUT2D eigenvalue weighted by Crippen LogP contribution is -2.64. The average Bonchev–Trinajstić information content (AvgIpc) is 2.78. The van der Waals surface area contributed by atoms with Crippen LogP contribution in [0, 0.1) is 0 Å². The molecule has 39 heavy (non-hydrogen) atoms. The van der Waals surface area contributed by atoms with Crippen molar-refractivity contribution < 1.29 is 71.4 Å². The number of carbonyl (C=O) groups excluding carboxylic acids is 6. The first-order valence-corrected chi connectivity index (χ1v) is 12.1. The van der Waals surface area contributed by atoms with Crippen LogP contribution in [0.4, 0.5) is 0 Å². The van der Waals surface area contributed by atoms with E-state index in [1.54, 1.807) is 0 Å². The molecule has 0 saturated carbocycles. The van der Waals surface area contributed by atoms with Crippen LogP contribution in [0.3, 0.4) is 0 Å². The van der Waals surface area contributed by atoms with Gasteiger partial charge in [0.2, 0.25) is 0 Å². The summed E-state index contributed by atoms with van der Waals surface area (Å²) >= 11 is 0. The van der Waals surface area contributed by atoms with Gasteiger partial charge in [-0.15, -0.1) is 0 Å². The normalized spacial score (nSPS) is 32.2. The Morgan fingerprint density at radius 1 is 0.615 bits per heavy atom. The molecule has 2 saturated heterocycles. The molecule has 2 rings (SSSR count). The van der Waals surface area contributed by atoms with Crippen LogP contribution in [0.25, 0.3) is 0 Å². The Morgan fingerprint density at radius 2 is 1.08 bits per heavy atom. The highest BCUT2D eigenvalue weighted by molar-refractivity contribution is 5.69. The molecule has 0 amide bonds. The molecule has 0 unspecified atom stereocenters. The smallest absolute Gasteiger partial charge is 0.303 e. The third kappa shape index (κ3) is 9.44. The highest BCUT2D eigenvalue weighted by Crippen LogP contribution is 2.33. The first kappa shape index (κ1) is 31.9. The Labute approximate surface area is 224 Å². The van der Waals surface area contributed by atoms with Crippen LogP contribution in [0.15, 0.2) is 0 Å². The van der Waals surface area contributed by atoms with Gasteiger partial charge in [-0.3, -0.25) is 28.8 Å². The van der Waals surface area contributed by atoms with Gasteiger partial charge in [0.1, 0.15) is 18.8 Å². The van der Waals surface area contributed by atoms with Crippen molar-refractivity contribution >= 4 is 35.8 Å². The van der Waals surface area contributed by atoms with E-state index >= 15 is 0 Å². The molecule has 15 heteroatoms. The summed E-state index contributed by atoms with van der Waals surface area (Å²) in [5, 5.41) is 0. The summed E-state index contributed by atoms with van der Waals surface area (Å²) in [4.78, 5) is 70.8. The number of hydrogen-bond donors (Lipinski definition) is 0. The van der Waals surface area contributed by atoms with E-state index in [1.165, 1.54) is 13.8 Å². The maximum Gasteiger partial charge on any atom is 0.303 e. The van der Waals surface area contributed by atoms with E-state index in [0.29, 0.717) is 0 Å². The molecule has 0 aliphatic carbocycles. The molecule has 9 atom stereocenters. The van der Waals surface area contributed by atoms with Gasteiger partial charge in [-0.1, -0.05) is 0 Å². The molecule has 2 aliphatic rings. The largest absolute Gasteiger partial charge is 0.463 e. The van der Waals surface area contributed by atoms with Gasteiger partial charge < -0.3 is 42.6 Å². The third-order valence-electron chi connectivity index (χ3n) is 5.53. The van der Waals surface area contributed by atoms with Crippen LogP contribution in [0.5, 0.6) is 0 Å². The van der Waals surface area contributed by atoms with E-state index < -0.39 is 90.9 Å². The Bertz CT molecular complexity index is 932. The van der Waals surface area contributed by atoms with Gasteiger partial charge in [0.15, 0.2) is 36.8 Å². The van der Waals surface area contributed by atoms with Crippen LogP contribution < -0.4 is 0 Å². The quantitative estimate of drug-likeness (QED) is 0.264.